The molecular weight excluding hydrogens is 250 g/mol. The molecule has 108 valence electrons. The number of carbonyl (C=O) groups is 1. The number of hydrogen-bond donors (Lipinski definition) is 1. The number of carbonyl (C=O) groups excluding carboxylic acids is 1. The summed E-state index contributed by atoms with van der Waals surface area (Å²) in [6, 6.07) is 8.66. The van der Waals surface area contributed by atoms with Gasteiger partial charge in [-0.25, -0.2) is 0 Å². The third-order valence-electron chi connectivity index (χ3n) is 4.38. The Kier molecular flexibility index (Phi) is 4.03. The van der Waals surface area contributed by atoms with Gasteiger partial charge in [0.15, 0.2) is 0 Å². The molecule has 2 aliphatic heterocycles. The molecule has 2 N–H and O–H groups in total. The SMILES string of the molecule is NC1CCCN(CC(=O)N2CCc3ccccc3C2)C1. The highest BCUT2D eigenvalue weighted by Gasteiger charge is 2.24. The standard InChI is InChI=1S/C16H23N3O/c17-15-6-3-8-18(11-15)12-16(20)19-9-7-13-4-1-2-5-14(13)10-19/h1-2,4-5,15H,3,6-12,17H2. The monoisotopic (exact) mass is 273 g/mol. The molecule has 20 heavy (non-hydrogen) atoms. The van der Waals surface area contributed by atoms with Crippen molar-refractivity contribution in [1.82, 2.24) is 9.80 Å². The van der Waals surface area contributed by atoms with Gasteiger partial charge >= 0.3 is 0 Å². The largest absolute Gasteiger partial charge is 0.337 e. The van der Waals surface area contributed by atoms with Gasteiger partial charge in [0.05, 0.1) is 6.54 Å². The number of fused-ring (bicyclic) bond motifs is 1. The average molecular weight is 273 g/mol. The maximum absolute atomic E-state index is 12.4. The highest BCUT2D eigenvalue weighted by atomic mass is 16.2. The Morgan fingerprint density at radius 1 is 1.25 bits per heavy atom. The summed E-state index contributed by atoms with van der Waals surface area (Å²) < 4.78 is 0. The van der Waals surface area contributed by atoms with Gasteiger partial charge in [-0.15, -0.1) is 0 Å². The Labute approximate surface area is 120 Å². The second-order valence-electron chi connectivity index (χ2n) is 5.97. The minimum Gasteiger partial charge on any atom is -0.337 e. The van der Waals surface area contributed by atoms with Crippen molar-refractivity contribution in [2.45, 2.75) is 31.8 Å². The van der Waals surface area contributed by atoms with E-state index in [0.717, 1.165) is 45.4 Å². The molecule has 0 aliphatic carbocycles. The van der Waals surface area contributed by atoms with Crippen LogP contribution in [0.5, 0.6) is 0 Å². The number of benzene rings is 1. The van der Waals surface area contributed by atoms with Crippen LogP contribution in [0.4, 0.5) is 0 Å². The van der Waals surface area contributed by atoms with E-state index in [9.17, 15) is 4.79 Å². The highest BCUT2D eigenvalue weighted by Crippen LogP contribution is 2.19. The molecule has 1 saturated heterocycles. The van der Waals surface area contributed by atoms with Gasteiger partial charge in [0.25, 0.3) is 0 Å². The van der Waals surface area contributed by atoms with Gasteiger partial charge in [0.2, 0.25) is 5.91 Å². The van der Waals surface area contributed by atoms with Gasteiger partial charge in [-0.2, -0.15) is 0 Å². The zero-order valence-corrected chi connectivity index (χ0v) is 11.9. The van der Waals surface area contributed by atoms with Crippen molar-refractivity contribution in [1.29, 1.82) is 0 Å². The lowest BCUT2D eigenvalue weighted by Gasteiger charge is -2.34. The van der Waals surface area contributed by atoms with E-state index in [2.05, 4.69) is 29.2 Å². The number of piperidine rings is 1. The number of amides is 1. The summed E-state index contributed by atoms with van der Waals surface area (Å²) in [5.41, 5.74) is 8.66. The Bertz CT molecular complexity index is 488. The Balaban J connectivity index is 1.59. The number of likely N-dealkylation sites (tertiary alicyclic amines) is 1. The molecule has 0 aromatic heterocycles. The smallest absolute Gasteiger partial charge is 0.237 e. The van der Waals surface area contributed by atoms with E-state index in [1.807, 2.05) is 4.90 Å². The second kappa shape index (κ2) is 5.94. The Morgan fingerprint density at radius 2 is 2.05 bits per heavy atom. The maximum atomic E-state index is 12.4. The van der Waals surface area contributed by atoms with Crippen molar-refractivity contribution in [3.8, 4) is 0 Å². The summed E-state index contributed by atoms with van der Waals surface area (Å²) in [6.07, 6.45) is 3.17. The molecule has 4 heteroatoms. The quantitative estimate of drug-likeness (QED) is 0.874. The van der Waals surface area contributed by atoms with Gasteiger partial charge in [0.1, 0.15) is 0 Å². The first-order valence-corrected chi connectivity index (χ1v) is 7.55. The van der Waals surface area contributed by atoms with Crippen molar-refractivity contribution < 1.29 is 4.79 Å². The molecule has 1 aromatic carbocycles. The molecule has 1 unspecified atom stereocenters. The van der Waals surface area contributed by atoms with E-state index in [1.54, 1.807) is 0 Å². The van der Waals surface area contributed by atoms with Crippen molar-refractivity contribution in [3.63, 3.8) is 0 Å². The molecule has 3 rings (SSSR count). The molecule has 0 bridgehead atoms. The highest BCUT2D eigenvalue weighted by molar-refractivity contribution is 5.78. The number of rotatable bonds is 2. The zero-order chi connectivity index (χ0) is 13.9. The van der Waals surface area contributed by atoms with Crippen LogP contribution in [-0.2, 0) is 17.8 Å². The summed E-state index contributed by atoms with van der Waals surface area (Å²) in [4.78, 5) is 16.6. The molecule has 1 amide bonds. The lowest BCUT2D eigenvalue weighted by molar-refractivity contribution is -0.133. The maximum Gasteiger partial charge on any atom is 0.237 e. The van der Waals surface area contributed by atoms with E-state index in [1.165, 1.54) is 11.1 Å². The lowest BCUT2D eigenvalue weighted by Crippen LogP contribution is -2.48. The van der Waals surface area contributed by atoms with Crippen molar-refractivity contribution >= 4 is 5.91 Å². The first kappa shape index (κ1) is 13.6. The normalized spacial score (nSPS) is 23.4. The number of hydrogen-bond acceptors (Lipinski definition) is 3. The van der Waals surface area contributed by atoms with Crippen LogP contribution in [0.25, 0.3) is 0 Å². The Hall–Kier alpha value is -1.39. The molecule has 0 saturated carbocycles. The fraction of sp³-hybridized carbons (Fsp3) is 0.562. The van der Waals surface area contributed by atoms with Gasteiger partial charge in [-0.3, -0.25) is 9.69 Å². The topological polar surface area (TPSA) is 49.6 Å². The summed E-state index contributed by atoms with van der Waals surface area (Å²) in [7, 11) is 0. The third kappa shape index (κ3) is 3.02. The number of nitrogens with zero attached hydrogens (tertiary/aromatic N) is 2. The predicted octanol–water partition coefficient (Wildman–Crippen LogP) is 0.994. The molecule has 0 spiro atoms. The van der Waals surface area contributed by atoms with Gasteiger partial charge < -0.3 is 10.6 Å². The first-order chi connectivity index (χ1) is 9.72. The minimum atomic E-state index is 0.235. The van der Waals surface area contributed by atoms with Crippen LogP contribution in [0.1, 0.15) is 24.0 Å². The van der Waals surface area contributed by atoms with Crippen LogP contribution >= 0.6 is 0 Å². The van der Waals surface area contributed by atoms with Gasteiger partial charge in [0, 0.05) is 25.7 Å². The van der Waals surface area contributed by atoms with E-state index in [0.29, 0.717) is 6.54 Å². The third-order valence-corrected chi connectivity index (χ3v) is 4.38. The summed E-state index contributed by atoms with van der Waals surface area (Å²) >= 11 is 0. The summed E-state index contributed by atoms with van der Waals surface area (Å²) in [5.74, 6) is 0.244. The van der Waals surface area contributed by atoms with Crippen LogP contribution in [0.3, 0.4) is 0 Å². The van der Waals surface area contributed by atoms with E-state index in [4.69, 9.17) is 5.73 Å². The lowest BCUT2D eigenvalue weighted by atomic mass is 10.00. The molecule has 2 aliphatic rings. The van der Waals surface area contributed by atoms with Crippen molar-refractivity contribution in [2.75, 3.05) is 26.2 Å². The molecule has 0 radical (unpaired) electrons. The average Bonchev–Trinajstić information content (AvgIpc) is 2.47. The molecule has 4 nitrogen and oxygen atoms in total. The van der Waals surface area contributed by atoms with E-state index >= 15 is 0 Å². The zero-order valence-electron chi connectivity index (χ0n) is 11.9. The fourth-order valence-corrected chi connectivity index (χ4v) is 3.23. The van der Waals surface area contributed by atoms with Crippen LogP contribution in [0, 0.1) is 0 Å². The fourth-order valence-electron chi connectivity index (χ4n) is 3.23. The van der Waals surface area contributed by atoms with E-state index < -0.39 is 0 Å². The van der Waals surface area contributed by atoms with Gasteiger partial charge in [-0.1, -0.05) is 24.3 Å². The summed E-state index contributed by atoms with van der Waals surface area (Å²) in [6.45, 7) is 3.99. The number of nitrogens with two attached hydrogens (primary N) is 1. The van der Waals surface area contributed by atoms with Crippen LogP contribution in [-0.4, -0.2) is 47.9 Å². The van der Waals surface area contributed by atoms with E-state index in [-0.39, 0.29) is 11.9 Å². The molecule has 1 aromatic rings. The van der Waals surface area contributed by atoms with Crippen molar-refractivity contribution in [2.24, 2.45) is 5.73 Å². The van der Waals surface area contributed by atoms with Crippen LogP contribution < -0.4 is 5.73 Å². The molecule has 2 heterocycles. The van der Waals surface area contributed by atoms with Crippen molar-refractivity contribution in [3.05, 3.63) is 35.4 Å². The molecular formula is C16H23N3O. The van der Waals surface area contributed by atoms with Gasteiger partial charge in [-0.05, 0) is 36.9 Å². The Morgan fingerprint density at radius 3 is 2.85 bits per heavy atom. The first-order valence-electron chi connectivity index (χ1n) is 7.55. The molecule has 1 atom stereocenters. The van der Waals surface area contributed by atoms with Crippen LogP contribution in [0.2, 0.25) is 0 Å². The predicted molar refractivity (Wildman–Crippen MR) is 79.2 cm³/mol. The summed E-state index contributed by atoms with van der Waals surface area (Å²) in [5, 5.41) is 0. The minimum absolute atomic E-state index is 0.235. The van der Waals surface area contributed by atoms with Crippen LogP contribution in [0.15, 0.2) is 24.3 Å². The second-order valence-corrected chi connectivity index (χ2v) is 5.97. The molecule has 1 fully saturated rings.